The molecule has 2 rings (SSSR count). The van der Waals surface area contributed by atoms with Crippen LogP contribution >= 0.6 is 0 Å². The van der Waals surface area contributed by atoms with Gasteiger partial charge in [-0.15, -0.1) is 0 Å². The van der Waals surface area contributed by atoms with E-state index in [2.05, 4.69) is 4.98 Å². The first-order chi connectivity index (χ1) is 9.22. The van der Waals surface area contributed by atoms with Crippen LogP contribution in [0.5, 0.6) is 17.5 Å². The highest BCUT2D eigenvalue weighted by Gasteiger charge is 2.05. The van der Waals surface area contributed by atoms with E-state index < -0.39 is 0 Å². The molecule has 5 nitrogen and oxygen atoms in total. The number of rotatable bonds is 5. The quantitative estimate of drug-likeness (QED) is 0.893. The predicted octanol–water partition coefficient (Wildman–Crippen LogP) is 2.26. The van der Waals surface area contributed by atoms with Crippen LogP contribution in [0.25, 0.3) is 0 Å². The molecule has 0 aliphatic heterocycles. The molecule has 5 heteroatoms. The third kappa shape index (κ3) is 3.28. The van der Waals surface area contributed by atoms with Gasteiger partial charge in [-0.05, 0) is 23.8 Å². The molecule has 0 unspecified atom stereocenters. The van der Waals surface area contributed by atoms with Crippen LogP contribution in [0.1, 0.15) is 5.56 Å². The van der Waals surface area contributed by atoms with E-state index in [-0.39, 0.29) is 0 Å². The summed E-state index contributed by atoms with van der Waals surface area (Å²) in [5.41, 5.74) is 7.25. The minimum atomic E-state index is 0.363. The number of anilines is 1. The average molecular weight is 260 g/mol. The zero-order valence-electron chi connectivity index (χ0n) is 10.9. The summed E-state index contributed by atoms with van der Waals surface area (Å²) in [6.07, 6.45) is 0. The van der Waals surface area contributed by atoms with Gasteiger partial charge < -0.3 is 19.9 Å². The van der Waals surface area contributed by atoms with Crippen LogP contribution in [0.4, 0.5) is 5.69 Å². The topological polar surface area (TPSA) is 66.6 Å². The lowest BCUT2D eigenvalue weighted by Crippen LogP contribution is -2.02. The molecule has 1 aromatic carbocycles. The van der Waals surface area contributed by atoms with Crippen molar-refractivity contribution in [2.75, 3.05) is 20.0 Å². The maximum atomic E-state index is 5.80. The van der Waals surface area contributed by atoms with Crippen LogP contribution in [-0.4, -0.2) is 19.2 Å². The highest BCUT2D eigenvalue weighted by atomic mass is 16.5. The first-order valence-corrected chi connectivity index (χ1v) is 5.79. The Hall–Kier alpha value is -2.43. The Morgan fingerprint density at radius 3 is 2.68 bits per heavy atom. The van der Waals surface area contributed by atoms with E-state index in [1.807, 2.05) is 24.3 Å². The van der Waals surface area contributed by atoms with Crippen molar-refractivity contribution in [2.45, 2.75) is 6.61 Å². The van der Waals surface area contributed by atoms with Gasteiger partial charge >= 0.3 is 0 Å². The highest BCUT2D eigenvalue weighted by molar-refractivity contribution is 5.49. The summed E-state index contributed by atoms with van der Waals surface area (Å²) in [5.74, 6) is 1.62. The SMILES string of the molecule is COc1cccc(COc2nc(OC)ccc2N)c1. The molecule has 0 bridgehead atoms. The van der Waals surface area contributed by atoms with Gasteiger partial charge in [-0.3, -0.25) is 0 Å². The molecule has 0 amide bonds. The Morgan fingerprint density at radius 1 is 1.11 bits per heavy atom. The average Bonchev–Trinajstić information content (AvgIpc) is 2.46. The first kappa shape index (κ1) is 13.0. The molecule has 2 N–H and O–H groups in total. The number of nitrogens with zero attached hydrogens (tertiary/aromatic N) is 1. The summed E-state index contributed by atoms with van der Waals surface area (Å²) in [4.78, 5) is 4.15. The van der Waals surface area contributed by atoms with E-state index in [4.69, 9.17) is 19.9 Å². The molecule has 0 spiro atoms. The van der Waals surface area contributed by atoms with Crippen LogP contribution in [0.2, 0.25) is 0 Å². The Morgan fingerprint density at radius 2 is 1.95 bits per heavy atom. The van der Waals surface area contributed by atoms with E-state index in [9.17, 15) is 0 Å². The normalized spacial score (nSPS) is 10.0. The van der Waals surface area contributed by atoms with Crippen molar-refractivity contribution in [3.8, 4) is 17.5 Å². The third-order valence-corrected chi connectivity index (χ3v) is 2.58. The molecule has 0 atom stereocenters. The van der Waals surface area contributed by atoms with Crippen molar-refractivity contribution >= 4 is 5.69 Å². The van der Waals surface area contributed by atoms with Crippen LogP contribution in [-0.2, 0) is 6.61 Å². The molecule has 19 heavy (non-hydrogen) atoms. The second-order valence-corrected chi connectivity index (χ2v) is 3.89. The lowest BCUT2D eigenvalue weighted by Gasteiger charge is -2.09. The number of pyridine rings is 1. The Balaban J connectivity index is 2.09. The Kier molecular flexibility index (Phi) is 4.07. The molecule has 0 aliphatic carbocycles. The van der Waals surface area contributed by atoms with E-state index in [1.54, 1.807) is 26.4 Å². The second-order valence-electron chi connectivity index (χ2n) is 3.89. The smallest absolute Gasteiger partial charge is 0.240 e. The fraction of sp³-hybridized carbons (Fsp3) is 0.214. The van der Waals surface area contributed by atoms with Crippen molar-refractivity contribution in [2.24, 2.45) is 0 Å². The van der Waals surface area contributed by atoms with Crippen molar-refractivity contribution in [3.63, 3.8) is 0 Å². The first-order valence-electron chi connectivity index (χ1n) is 5.79. The van der Waals surface area contributed by atoms with Gasteiger partial charge in [0.1, 0.15) is 12.4 Å². The van der Waals surface area contributed by atoms with E-state index in [0.29, 0.717) is 24.1 Å². The monoisotopic (exact) mass is 260 g/mol. The van der Waals surface area contributed by atoms with Gasteiger partial charge in [-0.2, -0.15) is 4.98 Å². The molecule has 0 aliphatic rings. The largest absolute Gasteiger partial charge is 0.497 e. The lowest BCUT2D eigenvalue weighted by molar-refractivity contribution is 0.288. The fourth-order valence-corrected chi connectivity index (χ4v) is 1.58. The molecule has 0 saturated carbocycles. The maximum Gasteiger partial charge on any atom is 0.240 e. The molecule has 0 fully saturated rings. The van der Waals surface area contributed by atoms with Crippen LogP contribution < -0.4 is 19.9 Å². The summed E-state index contributed by atoms with van der Waals surface area (Å²) >= 11 is 0. The van der Waals surface area contributed by atoms with Gasteiger partial charge in [0.05, 0.1) is 19.9 Å². The van der Waals surface area contributed by atoms with Crippen LogP contribution in [0.3, 0.4) is 0 Å². The lowest BCUT2D eigenvalue weighted by atomic mass is 10.2. The number of methoxy groups -OCH3 is 2. The summed E-state index contributed by atoms with van der Waals surface area (Å²) in [7, 11) is 3.17. The van der Waals surface area contributed by atoms with Gasteiger partial charge in [0.25, 0.3) is 0 Å². The number of hydrogen-bond donors (Lipinski definition) is 1. The zero-order chi connectivity index (χ0) is 13.7. The van der Waals surface area contributed by atoms with E-state index in [0.717, 1.165) is 11.3 Å². The van der Waals surface area contributed by atoms with Gasteiger partial charge in [0.2, 0.25) is 11.8 Å². The summed E-state index contributed by atoms with van der Waals surface area (Å²) in [5, 5.41) is 0. The summed E-state index contributed by atoms with van der Waals surface area (Å²) in [6.45, 7) is 0.363. The minimum Gasteiger partial charge on any atom is -0.497 e. The Labute approximate surface area is 111 Å². The molecule has 0 radical (unpaired) electrons. The van der Waals surface area contributed by atoms with Crippen molar-refractivity contribution in [1.29, 1.82) is 0 Å². The van der Waals surface area contributed by atoms with Crippen molar-refractivity contribution < 1.29 is 14.2 Å². The number of benzene rings is 1. The number of hydrogen-bond acceptors (Lipinski definition) is 5. The van der Waals surface area contributed by atoms with E-state index >= 15 is 0 Å². The predicted molar refractivity (Wildman–Crippen MR) is 72.5 cm³/mol. The molecule has 0 saturated heterocycles. The van der Waals surface area contributed by atoms with Crippen molar-refractivity contribution in [1.82, 2.24) is 4.98 Å². The van der Waals surface area contributed by atoms with E-state index in [1.165, 1.54) is 0 Å². The maximum absolute atomic E-state index is 5.80. The molecule has 1 heterocycles. The van der Waals surface area contributed by atoms with Gasteiger partial charge in [0, 0.05) is 6.07 Å². The summed E-state index contributed by atoms with van der Waals surface area (Å²) in [6, 6.07) is 11.0. The molecular formula is C14H16N2O3. The molecular weight excluding hydrogens is 244 g/mol. The zero-order valence-corrected chi connectivity index (χ0v) is 10.9. The van der Waals surface area contributed by atoms with Crippen molar-refractivity contribution in [3.05, 3.63) is 42.0 Å². The van der Waals surface area contributed by atoms with Crippen LogP contribution in [0.15, 0.2) is 36.4 Å². The third-order valence-electron chi connectivity index (χ3n) is 2.58. The van der Waals surface area contributed by atoms with Gasteiger partial charge in [-0.1, -0.05) is 12.1 Å². The second kappa shape index (κ2) is 5.95. The van der Waals surface area contributed by atoms with Crippen LogP contribution in [0, 0.1) is 0 Å². The standard InChI is InChI=1S/C14H16N2O3/c1-17-11-5-3-4-10(8-11)9-19-14-12(15)6-7-13(16-14)18-2/h3-8H,9,15H2,1-2H3. The van der Waals surface area contributed by atoms with Gasteiger partial charge in [-0.25, -0.2) is 0 Å². The fourth-order valence-electron chi connectivity index (χ4n) is 1.58. The number of nitrogens with two attached hydrogens (primary N) is 1. The highest BCUT2D eigenvalue weighted by Crippen LogP contribution is 2.23. The minimum absolute atomic E-state index is 0.363. The number of nitrogen functional groups attached to an aromatic ring is 1. The Bertz CT molecular complexity index is 558. The van der Waals surface area contributed by atoms with Gasteiger partial charge in [0.15, 0.2) is 0 Å². The summed E-state index contributed by atoms with van der Waals surface area (Å²) < 4.78 is 15.8. The molecule has 100 valence electrons. The number of ether oxygens (including phenoxy) is 3. The number of aromatic nitrogens is 1. The molecule has 1 aromatic heterocycles. The molecule has 2 aromatic rings.